The highest BCUT2D eigenvalue weighted by Gasteiger charge is 2.37. The van der Waals surface area contributed by atoms with Crippen molar-refractivity contribution in [2.75, 3.05) is 24.5 Å². The van der Waals surface area contributed by atoms with Gasteiger partial charge in [0.1, 0.15) is 17.2 Å². The lowest BCUT2D eigenvalue weighted by molar-refractivity contribution is -0.155. The number of ether oxygens (including phenoxy) is 1. The standard InChI is InChI=1S/C31H34BrF4N3O3/c1-18-26(21-16-20(32)11-12-24(21)38-28(18)39-14-5-6-15-39)29(41)37-17-19(10-13-25(40)42-30(2,3)4)27-22(31(34,35)36)8-7-9-23(27)33/h7-9,11-12,16,19H,5-6,10,13-15,17H2,1-4H3,(H,37,41). The zero-order chi connectivity index (χ0) is 30.8. The molecule has 2 aromatic carbocycles. The molecule has 0 saturated carbocycles. The van der Waals surface area contributed by atoms with Gasteiger partial charge in [-0.2, -0.15) is 13.2 Å². The lowest BCUT2D eigenvalue weighted by atomic mass is 9.89. The molecule has 1 atom stereocenters. The van der Waals surface area contributed by atoms with Crippen molar-refractivity contribution in [2.24, 2.45) is 0 Å². The Kier molecular flexibility index (Phi) is 9.49. The van der Waals surface area contributed by atoms with Crippen LogP contribution in [0, 0.1) is 12.7 Å². The van der Waals surface area contributed by atoms with Gasteiger partial charge in [-0.1, -0.05) is 22.0 Å². The number of rotatable bonds is 8. The first-order chi connectivity index (χ1) is 19.7. The number of halogens is 5. The highest BCUT2D eigenvalue weighted by Crippen LogP contribution is 2.38. The molecule has 1 N–H and O–H groups in total. The Labute approximate surface area is 250 Å². The van der Waals surface area contributed by atoms with Crippen molar-refractivity contribution in [1.82, 2.24) is 10.3 Å². The van der Waals surface area contributed by atoms with E-state index in [-0.39, 0.29) is 19.4 Å². The molecule has 1 amide bonds. The molecule has 3 aromatic rings. The number of benzene rings is 2. The zero-order valence-corrected chi connectivity index (χ0v) is 25.6. The van der Waals surface area contributed by atoms with Crippen molar-refractivity contribution in [2.45, 2.75) is 71.1 Å². The summed E-state index contributed by atoms with van der Waals surface area (Å²) < 4.78 is 63.0. The van der Waals surface area contributed by atoms with Gasteiger partial charge in [0.05, 0.1) is 16.6 Å². The van der Waals surface area contributed by atoms with Crippen LogP contribution in [0.5, 0.6) is 0 Å². The quantitative estimate of drug-likeness (QED) is 0.200. The summed E-state index contributed by atoms with van der Waals surface area (Å²) in [5.74, 6) is -2.68. The highest BCUT2D eigenvalue weighted by molar-refractivity contribution is 9.10. The van der Waals surface area contributed by atoms with Crippen LogP contribution in [0.2, 0.25) is 0 Å². The van der Waals surface area contributed by atoms with Gasteiger partial charge in [-0.25, -0.2) is 9.37 Å². The maximum absolute atomic E-state index is 15.1. The summed E-state index contributed by atoms with van der Waals surface area (Å²) in [6, 6.07) is 8.15. The van der Waals surface area contributed by atoms with Gasteiger partial charge in [0.25, 0.3) is 5.91 Å². The fourth-order valence-corrected chi connectivity index (χ4v) is 5.74. The number of carbonyl (C=O) groups is 2. The average Bonchev–Trinajstić information content (AvgIpc) is 3.42. The molecular formula is C31H34BrF4N3O3. The minimum absolute atomic E-state index is 0.167. The van der Waals surface area contributed by atoms with Crippen LogP contribution in [-0.2, 0) is 15.7 Å². The van der Waals surface area contributed by atoms with E-state index in [1.165, 1.54) is 0 Å². The summed E-state index contributed by atoms with van der Waals surface area (Å²) in [7, 11) is 0. The number of aromatic nitrogens is 1. The summed E-state index contributed by atoms with van der Waals surface area (Å²) in [4.78, 5) is 33.2. The van der Waals surface area contributed by atoms with E-state index in [1.54, 1.807) is 39.8 Å². The molecule has 226 valence electrons. The van der Waals surface area contributed by atoms with Gasteiger partial charge >= 0.3 is 12.1 Å². The van der Waals surface area contributed by atoms with Gasteiger partial charge < -0.3 is 15.0 Å². The van der Waals surface area contributed by atoms with Crippen LogP contribution < -0.4 is 10.2 Å². The van der Waals surface area contributed by atoms with Gasteiger partial charge in [0.15, 0.2) is 0 Å². The van der Waals surface area contributed by atoms with E-state index in [1.807, 2.05) is 6.07 Å². The van der Waals surface area contributed by atoms with Crippen LogP contribution in [0.3, 0.4) is 0 Å². The van der Waals surface area contributed by atoms with Crippen LogP contribution in [0.15, 0.2) is 40.9 Å². The highest BCUT2D eigenvalue weighted by atomic mass is 79.9. The average molecular weight is 653 g/mol. The number of nitrogens with zero attached hydrogens (tertiary/aromatic N) is 2. The van der Waals surface area contributed by atoms with E-state index in [2.05, 4.69) is 26.1 Å². The largest absolute Gasteiger partial charge is 0.460 e. The normalized spacial score (nSPS) is 14.7. The van der Waals surface area contributed by atoms with Gasteiger partial charge in [-0.3, -0.25) is 9.59 Å². The SMILES string of the molecule is Cc1c(N2CCCC2)nc2ccc(Br)cc2c1C(=O)NCC(CCC(=O)OC(C)(C)C)c1c(F)cccc1C(F)(F)F. The third kappa shape index (κ3) is 7.40. The number of amides is 1. The molecule has 1 fully saturated rings. The first-order valence-electron chi connectivity index (χ1n) is 13.9. The number of hydrogen-bond donors (Lipinski definition) is 1. The van der Waals surface area contributed by atoms with Gasteiger partial charge in [0.2, 0.25) is 0 Å². The molecule has 1 saturated heterocycles. The van der Waals surface area contributed by atoms with Crippen LogP contribution in [0.1, 0.15) is 79.4 Å². The Morgan fingerprint density at radius 2 is 1.81 bits per heavy atom. The molecule has 0 radical (unpaired) electrons. The zero-order valence-electron chi connectivity index (χ0n) is 24.0. The van der Waals surface area contributed by atoms with Gasteiger partial charge in [-0.15, -0.1) is 0 Å². The second kappa shape index (κ2) is 12.6. The molecule has 1 aliphatic heterocycles. The van der Waals surface area contributed by atoms with Crippen molar-refractivity contribution in [3.8, 4) is 0 Å². The molecule has 2 heterocycles. The minimum Gasteiger partial charge on any atom is -0.460 e. The molecule has 0 bridgehead atoms. The van der Waals surface area contributed by atoms with Crippen molar-refractivity contribution in [1.29, 1.82) is 0 Å². The van der Waals surface area contributed by atoms with Crippen molar-refractivity contribution < 1.29 is 31.9 Å². The Hall–Kier alpha value is -3.21. The Morgan fingerprint density at radius 3 is 2.45 bits per heavy atom. The summed E-state index contributed by atoms with van der Waals surface area (Å²) >= 11 is 3.45. The first kappa shape index (κ1) is 31.7. The number of pyridine rings is 1. The number of carbonyl (C=O) groups excluding carboxylic acids is 2. The van der Waals surface area contributed by atoms with Crippen LogP contribution in [0.25, 0.3) is 10.9 Å². The van der Waals surface area contributed by atoms with Crippen LogP contribution in [-0.4, -0.2) is 42.1 Å². The summed E-state index contributed by atoms with van der Waals surface area (Å²) in [5, 5.41) is 3.34. The number of esters is 1. The summed E-state index contributed by atoms with van der Waals surface area (Å²) in [6.07, 6.45) is -3.25. The summed E-state index contributed by atoms with van der Waals surface area (Å²) in [6.45, 7) is 8.11. The van der Waals surface area contributed by atoms with Crippen molar-refractivity contribution in [3.63, 3.8) is 0 Å². The predicted molar refractivity (Wildman–Crippen MR) is 157 cm³/mol. The van der Waals surface area contributed by atoms with E-state index in [0.717, 1.165) is 48.6 Å². The van der Waals surface area contributed by atoms with Crippen molar-refractivity contribution in [3.05, 3.63) is 68.9 Å². The molecule has 0 aliphatic carbocycles. The van der Waals surface area contributed by atoms with E-state index in [4.69, 9.17) is 9.72 Å². The molecule has 1 aliphatic rings. The molecule has 4 rings (SSSR count). The fourth-order valence-electron chi connectivity index (χ4n) is 5.38. The Balaban J connectivity index is 1.70. The third-order valence-corrected chi connectivity index (χ3v) is 7.68. The van der Waals surface area contributed by atoms with Gasteiger partial charge in [0, 0.05) is 53.0 Å². The molecule has 1 aromatic heterocycles. The lowest BCUT2D eigenvalue weighted by Gasteiger charge is -2.25. The molecular weight excluding hydrogens is 618 g/mol. The lowest BCUT2D eigenvalue weighted by Crippen LogP contribution is -2.32. The molecule has 11 heteroatoms. The van der Waals surface area contributed by atoms with Crippen LogP contribution >= 0.6 is 15.9 Å². The predicted octanol–water partition coefficient (Wildman–Crippen LogP) is 7.70. The number of nitrogens with one attached hydrogen (secondary N) is 1. The first-order valence-corrected chi connectivity index (χ1v) is 14.7. The van der Waals surface area contributed by atoms with Gasteiger partial charge in [-0.05, 0) is 77.3 Å². The maximum atomic E-state index is 15.1. The number of anilines is 1. The van der Waals surface area contributed by atoms with E-state index < -0.39 is 46.5 Å². The second-order valence-electron chi connectivity index (χ2n) is 11.5. The molecule has 6 nitrogen and oxygen atoms in total. The minimum atomic E-state index is -4.83. The Bertz CT molecular complexity index is 1480. The number of hydrogen-bond acceptors (Lipinski definition) is 5. The van der Waals surface area contributed by atoms with Crippen molar-refractivity contribution >= 4 is 44.5 Å². The molecule has 42 heavy (non-hydrogen) atoms. The third-order valence-electron chi connectivity index (χ3n) is 7.19. The second-order valence-corrected chi connectivity index (χ2v) is 12.4. The maximum Gasteiger partial charge on any atom is 0.416 e. The van der Waals surface area contributed by atoms with E-state index >= 15 is 4.39 Å². The summed E-state index contributed by atoms with van der Waals surface area (Å²) in [5.41, 5.74) is -0.934. The smallest absolute Gasteiger partial charge is 0.416 e. The monoisotopic (exact) mass is 651 g/mol. The van der Waals surface area contributed by atoms with Crippen LogP contribution in [0.4, 0.5) is 23.4 Å². The molecule has 1 unspecified atom stereocenters. The number of fused-ring (bicyclic) bond motifs is 1. The fraction of sp³-hybridized carbons (Fsp3) is 0.452. The Morgan fingerprint density at radius 1 is 1.12 bits per heavy atom. The van der Waals surface area contributed by atoms with E-state index in [9.17, 15) is 22.8 Å². The molecule has 0 spiro atoms. The number of alkyl halides is 3. The topological polar surface area (TPSA) is 71.5 Å². The van der Waals surface area contributed by atoms with E-state index in [0.29, 0.717) is 27.8 Å².